The first-order valence-corrected chi connectivity index (χ1v) is 7.79. The van der Waals surface area contributed by atoms with Gasteiger partial charge in [0.25, 0.3) is 0 Å². The Labute approximate surface area is 136 Å². The predicted octanol–water partition coefficient (Wildman–Crippen LogP) is 4.12. The van der Waals surface area contributed by atoms with Crippen molar-refractivity contribution in [2.45, 2.75) is 43.7 Å². The molecule has 0 radical (unpaired) electrons. The highest BCUT2D eigenvalue weighted by Crippen LogP contribution is 2.39. The van der Waals surface area contributed by atoms with Gasteiger partial charge in [0.1, 0.15) is 0 Å². The average molecular weight is 337 g/mol. The first-order chi connectivity index (χ1) is 9.16. The molecule has 5 heteroatoms. The Hall–Kier alpha value is 0.01000. The Morgan fingerprint density at radius 1 is 1.05 bits per heavy atom. The summed E-state index contributed by atoms with van der Waals surface area (Å²) in [6.07, 6.45) is 4.28. The van der Waals surface area contributed by atoms with Gasteiger partial charge in [0, 0.05) is 18.5 Å². The van der Waals surface area contributed by atoms with Crippen LogP contribution in [-0.2, 0) is 0 Å². The van der Waals surface area contributed by atoms with E-state index in [2.05, 4.69) is 4.90 Å². The maximum atomic E-state index is 10.4. The normalized spacial score (nSPS) is 30.4. The highest BCUT2D eigenvalue weighted by atomic mass is 35.5. The molecule has 1 N–H and O–H groups in total. The number of hydrogen-bond donors (Lipinski definition) is 1. The van der Waals surface area contributed by atoms with Gasteiger partial charge in [-0.05, 0) is 43.5 Å². The van der Waals surface area contributed by atoms with Crippen molar-refractivity contribution in [1.82, 2.24) is 4.90 Å². The fraction of sp³-hybridized carbons (Fsp3) is 0.600. The summed E-state index contributed by atoms with van der Waals surface area (Å²) in [7, 11) is 0. The van der Waals surface area contributed by atoms with E-state index in [1.807, 2.05) is 18.2 Å². The number of fused-ring (bicyclic) bond motifs is 1. The van der Waals surface area contributed by atoms with E-state index in [-0.39, 0.29) is 24.4 Å². The van der Waals surface area contributed by atoms with Gasteiger partial charge in [-0.1, -0.05) is 35.7 Å². The van der Waals surface area contributed by atoms with Gasteiger partial charge < -0.3 is 5.11 Å². The van der Waals surface area contributed by atoms with E-state index in [4.69, 9.17) is 23.2 Å². The summed E-state index contributed by atoms with van der Waals surface area (Å²) in [5.74, 6) is 0.170. The van der Waals surface area contributed by atoms with Crippen molar-refractivity contribution in [3.05, 3.63) is 33.8 Å². The first kappa shape index (κ1) is 16.4. The van der Waals surface area contributed by atoms with Crippen LogP contribution in [0.25, 0.3) is 0 Å². The molecular formula is C15H20Cl3NO. The van der Waals surface area contributed by atoms with E-state index >= 15 is 0 Å². The van der Waals surface area contributed by atoms with E-state index < -0.39 is 0 Å². The van der Waals surface area contributed by atoms with E-state index in [0.29, 0.717) is 16.1 Å². The molecule has 2 heterocycles. The van der Waals surface area contributed by atoms with Gasteiger partial charge in [-0.25, -0.2) is 0 Å². The highest BCUT2D eigenvalue weighted by molar-refractivity contribution is 6.42. The minimum absolute atomic E-state index is 0. The van der Waals surface area contributed by atoms with Crippen molar-refractivity contribution in [2.75, 3.05) is 13.1 Å². The lowest BCUT2D eigenvalue weighted by Crippen LogP contribution is -2.51. The highest BCUT2D eigenvalue weighted by Gasteiger charge is 2.39. The van der Waals surface area contributed by atoms with Crippen LogP contribution >= 0.6 is 35.6 Å². The quantitative estimate of drug-likeness (QED) is 0.834. The zero-order valence-electron chi connectivity index (χ0n) is 11.3. The van der Waals surface area contributed by atoms with E-state index in [1.54, 1.807) is 0 Å². The molecule has 0 aromatic heterocycles. The summed E-state index contributed by atoms with van der Waals surface area (Å²) in [5.41, 5.74) is 1.12. The van der Waals surface area contributed by atoms with Crippen LogP contribution in [0, 0.1) is 0 Å². The second kappa shape index (κ2) is 6.85. The predicted molar refractivity (Wildman–Crippen MR) is 86.3 cm³/mol. The van der Waals surface area contributed by atoms with E-state index in [9.17, 15) is 5.11 Å². The van der Waals surface area contributed by atoms with Crippen molar-refractivity contribution in [3.63, 3.8) is 0 Å². The molecule has 0 amide bonds. The second-order valence-electron chi connectivity index (χ2n) is 5.65. The summed E-state index contributed by atoms with van der Waals surface area (Å²) >= 11 is 12.1. The summed E-state index contributed by atoms with van der Waals surface area (Å²) < 4.78 is 0. The third-order valence-electron chi connectivity index (χ3n) is 4.53. The SMILES string of the molecule is Cl.O[C@H]1CCN2CCCC[C@@H]2[C@H]1c1ccc(Cl)c(Cl)c1. The molecule has 112 valence electrons. The Kier molecular flexibility index (Phi) is 5.61. The Morgan fingerprint density at radius 3 is 2.60 bits per heavy atom. The number of hydrogen-bond acceptors (Lipinski definition) is 2. The molecule has 2 aliphatic rings. The molecule has 2 nitrogen and oxygen atoms in total. The van der Waals surface area contributed by atoms with Crippen molar-refractivity contribution in [2.24, 2.45) is 0 Å². The van der Waals surface area contributed by atoms with Crippen LogP contribution in [0.4, 0.5) is 0 Å². The third-order valence-corrected chi connectivity index (χ3v) is 5.27. The van der Waals surface area contributed by atoms with Crippen LogP contribution in [0.1, 0.15) is 37.2 Å². The molecule has 1 aromatic rings. The molecule has 0 saturated carbocycles. The maximum absolute atomic E-state index is 10.4. The number of halogens is 3. The third kappa shape index (κ3) is 3.10. The average Bonchev–Trinajstić information content (AvgIpc) is 2.42. The molecule has 3 atom stereocenters. The zero-order valence-corrected chi connectivity index (χ0v) is 13.6. The number of aliphatic hydroxyl groups is 1. The van der Waals surface area contributed by atoms with Gasteiger partial charge in [0.15, 0.2) is 0 Å². The molecule has 3 rings (SSSR count). The number of nitrogens with zero attached hydrogens (tertiary/aromatic N) is 1. The van der Waals surface area contributed by atoms with Gasteiger partial charge in [-0.2, -0.15) is 0 Å². The Bertz CT molecular complexity index is 468. The van der Waals surface area contributed by atoms with Crippen LogP contribution < -0.4 is 0 Å². The standard InChI is InChI=1S/C15H19Cl2NO.ClH/c16-11-5-4-10(9-12(11)17)15-13-3-1-2-7-18(13)8-6-14(15)19;/h4-5,9,13-15,19H,1-3,6-8H2;1H/t13-,14+,15-;/m1./s1. The monoisotopic (exact) mass is 335 g/mol. The lowest BCUT2D eigenvalue weighted by atomic mass is 9.77. The zero-order chi connectivity index (χ0) is 13.4. The second-order valence-corrected chi connectivity index (χ2v) is 6.47. The molecule has 20 heavy (non-hydrogen) atoms. The fourth-order valence-corrected chi connectivity index (χ4v) is 3.91. The largest absolute Gasteiger partial charge is 0.392 e. The lowest BCUT2D eigenvalue weighted by Gasteiger charge is -2.46. The van der Waals surface area contributed by atoms with Crippen LogP contribution in [0.15, 0.2) is 18.2 Å². The van der Waals surface area contributed by atoms with Gasteiger partial charge in [0.2, 0.25) is 0 Å². The Balaban J connectivity index is 0.00000147. The number of rotatable bonds is 1. The fourth-order valence-electron chi connectivity index (χ4n) is 3.60. The Morgan fingerprint density at radius 2 is 1.85 bits per heavy atom. The molecule has 2 aliphatic heterocycles. The summed E-state index contributed by atoms with van der Waals surface area (Å²) in [6, 6.07) is 6.24. The maximum Gasteiger partial charge on any atom is 0.0636 e. The summed E-state index contributed by atoms with van der Waals surface area (Å²) in [6.45, 7) is 2.18. The number of piperidine rings is 2. The van der Waals surface area contributed by atoms with Gasteiger partial charge in [0.05, 0.1) is 16.1 Å². The van der Waals surface area contributed by atoms with Crippen LogP contribution in [-0.4, -0.2) is 35.2 Å². The van der Waals surface area contributed by atoms with E-state index in [0.717, 1.165) is 25.1 Å². The van der Waals surface area contributed by atoms with Crippen LogP contribution in [0.2, 0.25) is 10.0 Å². The smallest absolute Gasteiger partial charge is 0.0636 e. The molecule has 1 aromatic carbocycles. The van der Waals surface area contributed by atoms with Crippen molar-refractivity contribution >= 4 is 35.6 Å². The number of benzene rings is 1. The van der Waals surface area contributed by atoms with Crippen molar-refractivity contribution < 1.29 is 5.11 Å². The molecule has 0 unspecified atom stereocenters. The topological polar surface area (TPSA) is 23.5 Å². The molecular weight excluding hydrogens is 317 g/mol. The first-order valence-electron chi connectivity index (χ1n) is 7.04. The summed E-state index contributed by atoms with van der Waals surface area (Å²) in [5, 5.41) is 11.6. The lowest BCUT2D eigenvalue weighted by molar-refractivity contribution is 0.00108. The van der Waals surface area contributed by atoms with Gasteiger partial charge >= 0.3 is 0 Å². The van der Waals surface area contributed by atoms with Crippen molar-refractivity contribution in [1.29, 1.82) is 0 Å². The van der Waals surface area contributed by atoms with E-state index in [1.165, 1.54) is 19.3 Å². The molecule has 2 saturated heterocycles. The van der Waals surface area contributed by atoms with Gasteiger partial charge in [-0.3, -0.25) is 4.90 Å². The summed E-state index contributed by atoms with van der Waals surface area (Å²) in [4.78, 5) is 2.53. The van der Waals surface area contributed by atoms with Crippen LogP contribution in [0.5, 0.6) is 0 Å². The minimum atomic E-state index is -0.267. The van der Waals surface area contributed by atoms with Gasteiger partial charge in [-0.15, -0.1) is 12.4 Å². The minimum Gasteiger partial charge on any atom is -0.392 e. The van der Waals surface area contributed by atoms with Crippen LogP contribution in [0.3, 0.4) is 0 Å². The molecule has 0 spiro atoms. The molecule has 0 aliphatic carbocycles. The molecule has 0 bridgehead atoms. The molecule has 2 fully saturated rings. The van der Waals surface area contributed by atoms with Crippen molar-refractivity contribution in [3.8, 4) is 0 Å². The number of aliphatic hydroxyl groups excluding tert-OH is 1.